The maximum Gasteiger partial charge on any atom is 0.0582 e. The van der Waals surface area contributed by atoms with E-state index < -0.39 is 0 Å². The third-order valence-corrected chi connectivity index (χ3v) is 3.38. The van der Waals surface area contributed by atoms with E-state index in [0.717, 1.165) is 6.04 Å². The fraction of sp³-hybridized carbons (Fsp3) is 1.00. The number of hydrogen-bond acceptors (Lipinski definition) is 3. The molecule has 2 heterocycles. The van der Waals surface area contributed by atoms with Crippen LogP contribution in [0.5, 0.6) is 0 Å². The fourth-order valence-electron chi connectivity index (χ4n) is 2.70. The Kier molecular flexibility index (Phi) is 2.86. The number of aliphatic hydroxyl groups is 1. The van der Waals surface area contributed by atoms with Gasteiger partial charge in [-0.3, -0.25) is 4.90 Å². The standard InChI is InChI=1S/C10H20N2O/c1-8(7-13)11-9-4-6-12-5-2-3-10(9)12/h8-11,13H,2-7H2,1H3/t8-,9?,10?/m1/s1. The van der Waals surface area contributed by atoms with Crippen molar-refractivity contribution < 1.29 is 5.11 Å². The molecule has 0 aliphatic carbocycles. The molecular formula is C10H20N2O. The van der Waals surface area contributed by atoms with E-state index in [0.29, 0.717) is 6.04 Å². The summed E-state index contributed by atoms with van der Waals surface area (Å²) in [6.45, 7) is 4.84. The van der Waals surface area contributed by atoms with Crippen molar-refractivity contribution in [1.29, 1.82) is 0 Å². The second kappa shape index (κ2) is 3.95. The number of aliphatic hydroxyl groups excluding tert-OH is 1. The van der Waals surface area contributed by atoms with Crippen molar-refractivity contribution >= 4 is 0 Å². The van der Waals surface area contributed by atoms with Crippen LogP contribution in [0.1, 0.15) is 26.2 Å². The minimum absolute atomic E-state index is 0.253. The van der Waals surface area contributed by atoms with Gasteiger partial charge in [0, 0.05) is 24.7 Å². The third kappa shape index (κ3) is 1.87. The summed E-state index contributed by atoms with van der Waals surface area (Å²) in [4.78, 5) is 2.59. The van der Waals surface area contributed by atoms with Crippen LogP contribution in [0, 0.1) is 0 Å². The lowest BCUT2D eigenvalue weighted by Gasteiger charge is -2.24. The highest BCUT2D eigenvalue weighted by atomic mass is 16.3. The molecule has 2 saturated heterocycles. The molecule has 0 bridgehead atoms. The van der Waals surface area contributed by atoms with Crippen molar-refractivity contribution in [2.24, 2.45) is 0 Å². The Balaban J connectivity index is 1.86. The lowest BCUT2D eigenvalue weighted by atomic mass is 10.1. The molecule has 2 N–H and O–H groups in total. The monoisotopic (exact) mass is 184 g/mol. The highest BCUT2D eigenvalue weighted by Crippen LogP contribution is 2.27. The second-order valence-corrected chi connectivity index (χ2v) is 4.39. The Morgan fingerprint density at radius 1 is 1.46 bits per heavy atom. The van der Waals surface area contributed by atoms with E-state index in [4.69, 9.17) is 5.11 Å². The van der Waals surface area contributed by atoms with Gasteiger partial charge in [0.2, 0.25) is 0 Å². The summed E-state index contributed by atoms with van der Waals surface area (Å²) >= 11 is 0. The molecule has 2 aliphatic heterocycles. The second-order valence-electron chi connectivity index (χ2n) is 4.39. The quantitative estimate of drug-likeness (QED) is 0.657. The van der Waals surface area contributed by atoms with Crippen molar-refractivity contribution in [3.05, 3.63) is 0 Å². The Morgan fingerprint density at radius 2 is 2.31 bits per heavy atom. The molecular weight excluding hydrogens is 164 g/mol. The number of fused-ring (bicyclic) bond motifs is 1. The highest BCUT2D eigenvalue weighted by Gasteiger charge is 2.37. The van der Waals surface area contributed by atoms with E-state index in [1.54, 1.807) is 0 Å². The van der Waals surface area contributed by atoms with Crippen LogP contribution >= 0.6 is 0 Å². The maximum absolute atomic E-state index is 8.96. The topological polar surface area (TPSA) is 35.5 Å². The lowest BCUT2D eigenvalue weighted by Crippen LogP contribution is -2.44. The molecule has 3 nitrogen and oxygen atoms in total. The van der Waals surface area contributed by atoms with Gasteiger partial charge in [-0.1, -0.05) is 0 Å². The molecule has 2 aliphatic rings. The summed E-state index contributed by atoms with van der Waals surface area (Å²) in [6, 6.07) is 1.64. The smallest absolute Gasteiger partial charge is 0.0582 e. The van der Waals surface area contributed by atoms with Crippen LogP contribution in [-0.2, 0) is 0 Å². The van der Waals surface area contributed by atoms with E-state index in [9.17, 15) is 0 Å². The zero-order chi connectivity index (χ0) is 9.26. The SMILES string of the molecule is C[C@H](CO)NC1CCN2CCCC12. The predicted octanol–water partition coefficient (Wildman–Crippen LogP) is 0.194. The first kappa shape index (κ1) is 9.44. The Hall–Kier alpha value is -0.120. The molecule has 0 aromatic carbocycles. The van der Waals surface area contributed by atoms with Crippen LogP contribution < -0.4 is 5.32 Å². The highest BCUT2D eigenvalue weighted by molar-refractivity contribution is 4.96. The molecule has 13 heavy (non-hydrogen) atoms. The van der Waals surface area contributed by atoms with Crippen molar-refractivity contribution in [2.75, 3.05) is 19.7 Å². The normalized spacial score (nSPS) is 36.5. The summed E-state index contributed by atoms with van der Waals surface area (Å²) in [7, 11) is 0. The fourth-order valence-corrected chi connectivity index (χ4v) is 2.70. The van der Waals surface area contributed by atoms with Crippen molar-refractivity contribution in [3.8, 4) is 0 Å². The molecule has 0 aromatic rings. The summed E-state index contributed by atoms with van der Waals surface area (Å²) in [5.74, 6) is 0. The van der Waals surface area contributed by atoms with Crippen LogP contribution in [-0.4, -0.2) is 47.8 Å². The van der Waals surface area contributed by atoms with Gasteiger partial charge in [0.05, 0.1) is 6.61 Å². The average molecular weight is 184 g/mol. The van der Waals surface area contributed by atoms with Crippen LogP contribution in [0.2, 0.25) is 0 Å². The van der Waals surface area contributed by atoms with E-state index in [2.05, 4.69) is 17.1 Å². The summed E-state index contributed by atoms with van der Waals surface area (Å²) < 4.78 is 0. The molecule has 3 heteroatoms. The Labute approximate surface area is 80.1 Å². The summed E-state index contributed by atoms with van der Waals surface area (Å²) in [5.41, 5.74) is 0. The van der Waals surface area contributed by atoms with Crippen molar-refractivity contribution in [2.45, 2.75) is 44.3 Å². The van der Waals surface area contributed by atoms with E-state index in [-0.39, 0.29) is 12.6 Å². The Morgan fingerprint density at radius 3 is 3.08 bits per heavy atom. The number of nitrogens with one attached hydrogen (secondary N) is 1. The summed E-state index contributed by atoms with van der Waals surface area (Å²) in [6.07, 6.45) is 3.96. The first-order chi connectivity index (χ1) is 6.31. The minimum atomic E-state index is 0.253. The van der Waals surface area contributed by atoms with Crippen molar-refractivity contribution in [3.63, 3.8) is 0 Å². The van der Waals surface area contributed by atoms with Crippen molar-refractivity contribution in [1.82, 2.24) is 10.2 Å². The zero-order valence-corrected chi connectivity index (χ0v) is 8.37. The van der Waals surface area contributed by atoms with Crippen LogP contribution in [0.15, 0.2) is 0 Å². The molecule has 2 rings (SSSR count). The summed E-state index contributed by atoms with van der Waals surface area (Å²) in [5, 5.41) is 12.5. The van der Waals surface area contributed by atoms with Gasteiger partial charge in [-0.15, -0.1) is 0 Å². The van der Waals surface area contributed by atoms with Gasteiger partial charge in [-0.05, 0) is 32.7 Å². The van der Waals surface area contributed by atoms with Gasteiger partial charge < -0.3 is 10.4 Å². The zero-order valence-electron chi connectivity index (χ0n) is 8.37. The molecule has 0 radical (unpaired) electrons. The Bertz CT molecular complexity index is 174. The maximum atomic E-state index is 8.96. The third-order valence-electron chi connectivity index (χ3n) is 3.38. The van der Waals surface area contributed by atoms with Crippen LogP contribution in [0.4, 0.5) is 0 Å². The van der Waals surface area contributed by atoms with E-state index in [1.165, 1.54) is 32.4 Å². The molecule has 0 saturated carbocycles. The van der Waals surface area contributed by atoms with E-state index in [1.807, 2.05) is 0 Å². The number of rotatable bonds is 3. The molecule has 0 amide bonds. The molecule has 2 fully saturated rings. The lowest BCUT2D eigenvalue weighted by molar-refractivity contribution is 0.226. The molecule has 2 unspecified atom stereocenters. The van der Waals surface area contributed by atoms with Gasteiger partial charge in [0.1, 0.15) is 0 Å². The van der Waals surface area contributed by atoms with E-state index >= 15 is 0 Å². The molecule has 76 valence electrons. The average Bonchev–Trinajstić information content (AvgIpc) is 2.69. The van der Waals surface area contributed by atoms with Gasteiger partial charge in [-0.25, -0.2) is 0 Å². The first-order valence-electron chi connectivity index (χ1n) is 5.42. The van der Waals surface area contributed by atoms with Gasteiger partial charge in [0.15, 0.2) is 0 Å². The number of nitrogens with zero attached hydrogens (tertiary/aromatic N) is 1. The molecule has 0 aromatic heterocycles. The van der Waals surface area contributed by atoms with Crippen LogP contribution in [0.3, 0.4) is 0 Å². The molecule has 3 atom stereocenters. The number of hydrogen-bond donors (Lipinski definition) is 2. The largest absolute Gasteiger partial charge is 0.395 e. The minimum Gasteiger partial charge on any atom is -0.395 e. The predicted molar refractivity (Wildman–Crippen MR) is 52.7 cm³/mol. The van der Waals surface area contributed by atoms with Gasteiger partial charge >= 0.3 is 0 Å². The van der Waals surface area contributed by atoms with Gasteiger partial charge in [-0.2, -0.15) is 0 Å². The molecule has 0 spiro atoms. The van der Waals surface area contributed by atoms with Crippen LogP contribution in [0.25, 0.3) is 0 Å². The first-order valence-corrected chi connectivity index (χ1v) is 5.42. The van der Waals surface area contributed by atoms with Gasteiger partial charge in [0.25, 0.3) is 0 Å².